The Morgan fingerprint density at radius 3 is 2.47 bits per heavy atom. The molecule has 0 saturated carbocycles. The summed E-state index contributed by atoms with van der Waals surface area (Å²) in [7, 11) is 0. The smallest absolute Gasteiger partial charge is 0.174 e. The Kier molecular flexibility index (Phi) is 5.73. The van der Waals surface area contributed by atoms with E-state index in [0.29, 0.717) is 6.04 Å². The largest absolute Gasteiger partial charge is 0.351 e. The van der Waals surface area contributed by atoms with Crippen LogP contribution >= 0.6 is 28.1 Å². The third-order valence-corrected chi connectivity index (χ3v) is 7.08. The van der Waals surface area contributed by atoms with Crippen LogP contribution in [0.25, 0.3) is 0 Å². The molecule has 4 nitrogen and oxygen atoms in total. The molecule has 0 bridgehead atoms. The fraction of sp³-hybridized carbons (Fsp3) is 0.333. The summed E-state index contributed by atoms with van der Waals surface area (Å²) in [4.78, 5) is 6.91. The van der Waals surface area contributed by atoms with Crippen molar-refractivity contribution in [3.05, 3.63) is 81.3 Å². The molecule has 1 saturated heterocycles. The Labute approximate surface area is 192 Å². The quantitative estimate of drug-likeness (QED) is 0.440. The van der Waals surface area contributed by atoms with E-state index in [1.807, 2.05) is 18.3 Å². The molecule has 0 aliphatic carbocycles. The highest BCUT2D eigenvalue weighted by Gasteiger charge is 2.42. The number of anilines is 1. The van der Waals surface area contributed by atoms with Crippen LogP contribution in [0.2, 0.25) is 0 Å². The van der Waals surface area contributed by atoms with Crippen molar-refractivity contribution < 1.29 is 0 Å². The predicted molar refractivity (Wildman–Crippen MR) is 131 cm³/mol. The maximum atomic E-state index is 5.86. The number of halogens is 1. The number of rotatable bonds is 4. The number of thiocarbonyl (C=S) groups is 1. The lowest BCUT2D eigenvalue weighted by Gasteiger charge is -2.29. The van der Waals surface area contributed by atoms with Gasteiger partial charge < -0.3 is 14.8 Å². The minimum absolute atomic E-state index is 0.0201. The normalized spacial score (nSPS) is 18.9. The van der Waals surface area contributed by atoms with Crippen molar-refractivity contribution in [3.8, 4) is 0 Å². The van der Waals surface area contributed by atoms with Gasteiger partial charge in [-0.15, -0.1) is 0 Å². The molecule has 1 aliphatic heterocycles. The van der Waals surface area contributed by atoms with E-state index in [1.165, 1.54) is 22.5 Å². The van der Waals surface area contributed by atoms with Crippen molar-refractivity contribution in [1.82, 2.24) is 14.9 Å². The maximum Gasteiger partial charge on any atom is 0.174 e. The van der Waals surface area contributed by atoms with Gasteiger partial charge in [-0.25, -0.2) is 0 Å². The Morgan fingerprint density at radius 2 is 1.87 bits per heavy atom. The molecule has 1 aliphatic rings. The van der Waals surface area contributed by atoms with Crippen molar-refractivity contribution in [3.63, 3.8) is 0 Å². The Bertz CT molecular complexity index is 1090. The Morgan fingerprint density at radius 1 is 1.10 bits per heavy atom. The van der Waals surface area contributed by atoms with E-state index in [1.54, 1.807) is 0 Å². The molecule has 1 N–H and O–H groups in total. The minimum Gasteiger partial charge on any atom is -0.351 e. The number of benzene rings is 1. The van der Waals surface area contributed by atoms with E-state index in [0.717, 1.165) is 21.0 Å². The summed E-state index contributed by atoms with van der Waals surface area (Å²) < 4.78 is 3.50. The second kappa shape index (κ2) is 8.16. The monoisotopic (exact) mass is 482 g/mol. The molecule has 3 aromatic rings. The fourth-order valence-corrected chi connectivity index (χ4v) is 5.22. The number of nitrogens with one attached hydrogen (secondary N) is 1. The number of aromatic nitrogens is 2. The topological polar surface area (TPSA) is 33.1 Å². The highest BCUT2D eigenvalue weighted by atomic mass is 79.9. The van der Waals surface area contributed by atoms with Gasteiger partial charge in [0.15, 0.2) is 5.11 Å². The van der Waals surface area contributed by atoms with E-state index in [2.05, 4.69) is 101 Å². The molecule has 0 amide bonds. The van der Waals surface area contributed by atoms with Crippen LogP contribution in [0.15, 0.2) is 53.1 Å². The molecule has 6 heteroatoms. The standard InChI is InChI=1S/C24H27BrN4S/c1-14(2)28-16(4)13-19(17(28)5)23-22(21-8-6-7-11-26-21)27-24(30)29(23)18-9-10-20(25)15(3)12-18/h6-14,22-23H,1-5H3,(H,27,30)/t22-,23+/m0/s1. The van der Waals surface area contributed by atoms with Crippen molar-refractivity contribution in [2.24, 2.45) is 0 Å². The van der Waals surface area contributed by atoms with E-state index in [9.17, 15) is 0 Å². The van der Waals surface area contributed by atoms with Crippen LogP contribution in [0.4, 0.5) is 5.69 Å². The molecule has 30 heavy (non-hydrogen) atoms. The van der Waals surface area contributed by atoms with Crippen LogP contribution in [0, 0.1) is 20.8 Å². The van der Waals surface area contributed by atoms with Gasteiger partial charge in [-0.3, -0.25) is 4.98 Å². The zero-order valence-corrected chi connectivity index (χ0v) is 20.4. The van der Waals surface area contributed by atoms with Gasteiger partial charge in [-0.2, -0.15) is 0 Å². The van der Waals surface area contributed by atoms with Gasteiger partial charge >= 0.3 is 0 Å². The zero-order valence-electron chi connectivity index (χ0n) is 18.0. The minimum atomic E-state index is -0.0243. The van der Waals surface area contributed by atoms with Gasteiger partial charge in [0.25, 0.3) is 0 Å². The second-order valence-electron chi connectivity index (χ2n) is 8.22. The van der Waals surface area contributed by atoms with Crippen molar-refractivity contribution in [2.75, 3.05) is 4.90 Å². The van der Waals surface area contributed by atoms with Gasteiger partial charge in [-0.1, -0.05) is 22.0 Å². The SMILES string of the molecule is Cc1cc(N2C(=S)N[C@@H](c3ccccn3)[C@H]2c2cc(C)n(C(C)C)c2C)ccc1Br. The lowest BCUT2D eigenvalue weighted by Crippen LogP contribution is -2.29. The van der Waals surface area contributed by atoms with Gasteiger partial charge in [-0.05, 0) is 94.4 Å². The fourth-order valence-electron chi connectivity index (χ4n) is 4.62. The first-order chi connectivity index (χ1) is 14.3. The number of nitrogens with zero attached hydrogens (tertiary/aromatic N) is 3. The van der Waals surface area contributed by atoms with Gasteiger partial charge in [0.05, 0.1) is 17.8 Å². The lowest BCUT2D eigenvalue weighted by molar-refractivity contribution is 0.547. The summed E-state index contributed by atoms with van der Waals surface area (Å²) in [5, 5.41) is 4.29. The van der Waals surface area contributed by atoms with Gasteiger partial charge in [0.2, 0.25) is 0 Å². The number of pyridine rings is 1. The summed E-state index contributed by atoms with van der Waals surface area (Å²) in [6.07, 6.45) is 1.85. The molecule has 2 aromatic heterocycles. The second-order valence-corrected chi connectivity index (χ2v) is 9.46. The van der Waals surface area contributed by atoms with Crippen molar-refractivity contribution >= 4 is 38.9 Å². The number of hydrogen-bond acceptors (Lipinski definition) is 2. The number of hydrogen-bond donors (Lipinski definition) is 1. The van der Waals surface area contributed by atoms with E-state index in [4.69, 9.17) is 12.2 Å². The summed E-state index contributed by atoms with van der Waals surface area (Å²) in [5.41, 5.74) is 7.09. The highest BCUT2D eigenvalue weighted by molar-refractivity contribution is 9.10. The lowest BCUT2D eigenvalue weighted by atomic mass is 9.96. The van der Waals surface area contributed by atoms with Crippen molar-refractivity contribution in [2.45, 2.75) is 52.7 Å². The van der Waals surface area contributed by atoms with Gasteiger partial charge in [0.1, 0.15) is 0 Å². The predicted octanol–water partition coefficient (Wildman–Crippen LogP) is 6.33. The maximum absolute atomic E-state index is 5.86. The van der Waals surface area contributed by atoms with Crippen LogP contribution in [-0.2, 0) is 0 Å². The summed E-state index contributed by atoms with van der Waals surface area (Å²) in [6, 6.07) is 15.2. The molecule has 1 fully saturated rings. The Balaban J connectivity index is 1.90. The average Bonchev–Trinajstić information content (AvgIpc) is 3.20. The molecular weight excluding hydrogens is 456 g/mol. The van der Waals surface area contributed by atoms with E-state index < -0.39 is 0 Å². The first-order valence-electron chi connectivity index (χ1n) is 10.2. The van der Waals surface area contributed by atoms with E-state index >= 15 is 0 Å². The van der Waals surface area contributed by atoms with Crippen LogP contribution < -0.4 is 10.2 Å². The van der Waals surface area contributed by atoms with Gasteiger partial charge in [0, 0.05) is 33.8 Å². The third kappa shape index (κ3) is 3.56. The molecule has 0 radical (unpaired) electrons. The summed E-state index contributed by atoms with van der Waals surface area (Å²) in [6.45, 7) is 11.0. The highest BCUT2D eigenvalue weighted by Crippen LogP contribution is 2.44. The number of aryl methyl sites for hydroxylation is 2. The van der Waals surface area contributed by atoms with Crippen molar-refractivity contribution in [1.29, 1.82) is 0 Å². The molecule has 3 heterocycles. The third-order valence-electron chi connectivity index (χ3n) is 5.88. The molecular formula is C24H27BrN4S. The molecule has 156 valence electrons. The molecule has 1 aromatic carbocycles. The van der Waals surface area contributed by atoms with Crippen LogP contribution in [0.1, 0.15) is 60.2 Å². The summed E-state index contributed by atoms with van der Waals surface area (Å²) >= 11 is 9.48. The first kappa shape index (κ1) is 21.1. The molecule has 2 atom stereocenters. The molecule has 0 spiro atoms. The average molecular weight is 483 g/mol. The van der Waals surface area contributed by atoms with Crippen LogP contribution in [0.3, 0.4) is 0 Å². The molecule has 0 unspecified atom stereocenters. The zero-order chi connectivity index (χ0) is 21.6. The van der Waals surface area contributed by atoms with Crippen LogP contribution in [-0.4, -0.2) is 14.7 Å². The Hall–Kier alpha value is -2.18. The van der Waals surface area contributed by atoms with Crippen LogP contribution in [0.5, 0.6) is 0 Å². The van der Waals surface area contributed by atoms with E-state index in [-0.39, 0.29) is 12.1 Å². The molecule has 4 rings (SSSR count). The summed E-state index contributed by atoms with van der Waals surface area (Å²) in [5.74, 6) is 0. The first-order valence-corrected chi connectivity index (χ1v) is 11.4.